The van der Waals surface area contributed by atoms with Gasteiger partial charge in [-0.1, -0.05) is 61.5 Å². The number of nitrogens with one attached hydrogen (secondary N) is 1. The standard InChI is InChI=1S/C16H20N2/c1-2-13-8-10-14(11-9-13)12-16(18-17)15-6-4-3-5-7-15/h3-11,16,18H,2,12,17H2,1H3. The molecule has 0 amide bonds. The quantitative estimate of drug-likeness (QED) is 0.623. The van der Waals surface area contributed by atoms with E-state index in [1.54, 1.807) is 0 Å². The molecule has 3 N–H and O–H groups in total. The molecule has 0 aliphatic carbocycles. The molecule has 0 saturated carbocycles. The lowest BCUT2D eigenvalue weighted by Gasteiger charge is -2.16. The van der Waals surface area contributed by atoms with Crippen molar-refractivity contribution in [2.75, 3.05) is 0 Å². The predicted molar refractivity (Wildman–Crippen MR) is 76.0 cm³/mol. The fourth-order valence-electron chi connectivity index (χ4n) is 2.11. The molecule has 18 heavy (non-hydrogen) atoms. The highest BCUT2D eigenvalue weighted by molar-refractivity contribution is 5.26. The summed E-state index contributed by atoms with van der Waals surface area (Å²) < 4.78 is 0. The molecule has 0 saturated heterocycles. The second-order valence-corrected chi connectivity index (χ2v) is 4.50. The molecule has 0 heterocycles. The molecule has 0 bridgehead atoms. The number of nitrogens with two attached hydrogens (primary N) is 1. The van der Waals surface area contributed by atoms with Gasteiger partial charge in [-0.05, 0) is 29.5 Å². The SMILES string of the molecule is CCc1ccc(CC(NN)c2ccccc2)cc1. The van der Waals surface area contributed by atoms with Crippen LogP contribution in [0.5, 0.6) is 0 Å². The van der Waals surface area contributed by atoms with Crippen LogP contribution >= 0.6 is 0 Å². The highest BCUT2D eigenvalue weighted by Gasteiger charge is 2.09. The zero-order valence-corrected chi connectivity index (χ0v) is 10.8. The lowest BCUT2D eigenvalue weighted by molar-refractivity contribution is 0.552. The Labute approximate surface area is 109 Å². The van der Waals surface area contributed by atoms with Crippen LogP contribution in [0.1, 0.15) is 29.7 Å². The van der Waals surface area contributed by atoms with E-state index in [1.165, 1.54) is 16.7 Å². The summed E-state index contributed by atoms with van der Waals surface area (Å²) in [6, 6.07) is 19.2. The first-order valence-electron chi connectivity index (χ1n) is 6.42. The van der Waals surface area contributed by atoms with Crippen molar-refractivity contribution < 1.29 is 0 Å². The molecular weight excluding hydrogens is 220 g/mol. The van der Waals surface area contributed by atoms with E-state index in [1.807, 2.05) is 18.2 Å². The zero-order chi connectivity index (χ0) is 12.8. The average Bonchev–Trinajstić information content (AvgIpc) is 2.46. The minimum atomic E-state index is 0.165. The number of hydrogen-bond donors (Lipinski definition) is 2. The summed E-state index contributed by atoms with van der Waals surface area (Å²) in [5.41, 5.74) is 6.79. The smallest absolute Gasteiger partial charge is 0.0500 e. The van der Waals surface area contributed by atoms with Gasteiger partial charge in [0.1, 0.15) is 0 Å². The molecule has 0 aliphatic heterocycles. The van der Waals surface area contributed by atoms with Gasteiger partial charge in [0.25, 0.3) is 0 Å². The van der Waals surface area contributed by atoms with Crippen molar-refractivity contribution in [3.8, 4) is 0 Å². The number of benzene rings is 2. The molecule has 94 valence electrons. The summed E-state index contributed by atoms with van der Waals surface area (Å²) in [5, 5.41) is 0. The molecule has 1 unspecified atom stereocenters. The normalized spacial score (nSPS) is 12.3. The third-order valence-corrected chi connectivity index (χ3v) is 3.27. The molecule has 0 aliphatic rings. The lowest BCUT2D eigenvalue weighted by Crippen LogP contribution is -2.29. The van der Waals surface area contributed by atoms with E-state index in [-0.39, 0.29) is 6.04 Å². The molecule has 0 spiro atoms. The molecule has 2 heteroatoms. The van der Waals surface area contributed by atoms with Crippen LogP contribution in [0.3, 0.4) is 0 Å². The van der Waals surface area contributed by atoms with E-state index >= 15 is 0 Å². The molecule has 0 radical (unpaired) electrons. The molecule has 0 fully saturated rings. The Kier molecular flexibility index (Phi) is 4.51. The van der Waals surface area contributed by atoms with Gasteiger partial charge in [0.2, 0.25) is 0 Å². The van der Waals surface area contributed by atoms with E-state index < -0.39 is 0 Å². The number of hydrazine groups is 1. The van der Waals surface area contributed by atoms with Crippen molar-refractivity contribution in [1.29, 1.82) is 0 Å². The second-order valence-electron chi connectivity index (χ2n) is 4.50. The lowest BCUT2D eigenvalue weighted by atomic mass is 9.98. The van der Waals surface area contributed by atoms with Crippen molar-refractivity contribution in [3.05, 3.63) is 71.3 Å². The van der Waals surface area contributed by atoms with Crippen LogP contribution in [0, 0.1) is 0 Å². The maximum absolute atomic E-state index is 5.66. The Hall–Kier alpha value is -1.64. The molecule has 2 aromatic carbocycles. The number of hydrogen-bond acceptors (Lipinski definition) is 2. The van der Waals surface area contributed by atoms with Crippen LogP contribution in [-0.2, 0) is 12.8 Å². The third-order valence-electron chi connectivity index (χ3n) is 3.27. The van der Waals surface area contributed by atoms with Crippen LogP contribution in [0.2, 0.25) is 0 Å². The van der Waals surface area contributed by atoms with Crippen LogP contribution in [0.4, 0.5) is 0 Å². The summed E-state index contributed by atoms with van der Waals surface area (Å²) in [4.78, 5) is 0. The monoisotopic (exact) mass is 240 g/mol. The maximum atomic E-state index is 5.66. The van der Waals surface area contributed by atoms with Crippen molar-refractivity contribution in [3.63, 3.8) is 0 Å². The zero-order valence-electron chi connectivity index (χ0n) is 10.8. The summed E-state index contributed by atoms with van der Waals surface area (Å²) in [5.74, 6) is 5.66. The number of aryl methyl sites for hydroxylation is 1. The molecule has 0 aromatic heterocycles. The molecular formula is C16H20N2. The first-order chi connectivity index (χ1) is 8.83. The van der Waals surface area contributed by atoms with Crippen molar-refractivity contribution in [2.45, 2.75) is 25.8 Å². The summed E-state index contributed by atoms with van der Waals surface area (Å²) in [7, 11) is 0. The van der Waals surface area contributed by atoms with Gasteiger partial charge in [0.05, 0.1) is 0 Å². The van der Waals surface area contributed by atoms with Gasteiger partial charge in [-0.2, -0.15) is 0 Å². The van der Waals surface area contributed by atoms with Crippen molar-refractivity contribution >= 4 is 0 Å². The first-order valence-corrected chi connectivity index (χ1v) is 6.42. The summed E-state index contributed by atoms with van der Waals surface area (Å²) in [6.45, 7) is 2.17. The Balaban J connectivity index is 2.10. The summed E-state index contributed by atoms with van der Waals surface area (Å²) >= 11 is 0. The predicted octanol–water partition coefficient (Wildman–Crippen LogP) is 3.00. The van der Waals surface area contributed by atoms with E-state index in [0.717, 1.165) is 12.8 Å². The van der Waals surface area contributed by atoms with Gasteiger partial charge in [-0.15, -0.1) is 0 Å². The Morgan fingerprint density at radius 2 is 1.56 bits per heavy atom. The van der Waals surface area contributed by atoms with Gasteiger partial charge in [-0.25, -0.2) is 0 Å². The van der Waals surface area contributed by atoms with Crippen LogP contribution in [0.15, 0.2) is 54.6 Å². The first kappa shape index (κ1) is 12.8. The van der Waals surface area contributed by atoms with Crippen molar-refractivity contribution in [1.82, 2.24) is 5.43 Å². The van der Waals surface area contributed by atoms with Crippen LogP contribution in [0.25, 0.3) is 0 Å². The van der Waals surface area contributed by atoms with E-state index in [2.05, 4.69) is 48.7 Å². The van der Waals surface area contributed by atoms with Crippen LogP contribution in [-0.4, -0.2) is 0 Å². The highest BCUT2D eigenvalue weighted by atomic mass is 15.2. The minimum Gasteiger partial charge on any atom is -0.271 e. The van der Waals surface area contributed by atoms with E-state index in [4.69, 9.17) is 5.84 Å². The number of rotatable bonds is 5. The molecule has 2 nitrogen and oxygen atoms in total. The van der Waals surface area contributed by atoms with E-state index in [0.29, 0.717) is 0 Å². The molecule has 2 rings (SSSR count). The van der Waals surface area contributed by atoms with Gasteiger partial charge < -0.3 is 0 Å². The Bertz CT molecular complexity index is 462. The van der Waals surface area contributed by atoms with Gasteiger partial charge in [-0.3, -0.25) is 11.3 Å². The fraction of sp³-hybridized carbons (Fsp3) is 0.250. The van der Waals surface area contributed by atoms with Crippen molar-refractivity contribution in [2.24, 2.45) is 5.84 Å². The average molecular weight is 240 g/mol. The highest BCUT2D eigenvalue weighted by Crippen LogP contribution is 2.17. The Morgan fingerprint density at radius 1 is 0.944 bits per heavy atom. The largest absolute Gasteiger partial charge is 0.271 e. The van der Waals surface area contributed by atoms with Gasteiger partial charge >= 0.3 is 0 Å². The maximum Gasteiger partial charge on any atom is 0.0500 e. The van der Waals surface area contributed by atoms with Gasteiger partial charge in [0, 0.05) is 6.04 Å². The fourth-order valence-corrected chi connectivity index (χ4v) is 2.11. The molecule has 2 aromatic rings. The second kappa shape index (κ2) is 6.34. The van der Waals surface area contributed by atoms with E-state index in [9.17, 15) is 0 Å². The summed E-state index contributed by atoms with van der Waals surface area (Å²) in [6.07, 6.45) is 1.99. The van der Waals surface area contributed by atoms with Gasteiger partial charge in [0.15, 0.2) is 0 Å². The topological polar surface area (TPSA) is 38.0 Å². The molecule has 1 atom stereocenters. The Morgan fingerprint density at radius 3 is 2.11 bits per heavy atom. The minimum absolute atomic E-state index is 0.165. The third kappa shape index (κ3) is 3.19. The van der Waals surface area contributed by atoms with Crippen LogP contribution < -0.4 is 11.3 Å².